The highest BCUT2D eigenvalue weighted by molar-refractivity contribution is 6.36. The number of rotatable bonds is 6. The van der Waals surface area contributed by atoms with Gasteiger partial charge in [0.05, 0.1) is 5.57 Å². The average Bonchev–Trinajstić information content (AvgIpc) is 2.98. The predicted octanol–water partition coefficient (Wildman–Crippen LogP) is 4.77. The summed E-state index contributed by atoms with van der Waals surface area (Å²) in [5, 5.41) is 3.81. The Morgan fingerprint density at radius 2 is 1.38 bits per heavy atom. The molecule has 0 fully saturated rings. The van der Waals surface area contributed by atoms with Crippen LogP contribution in [0.5, 0.6) is 0 Å². The summed E-state index contributed by atoms with van der Waals surface area (Å²) in [5.41, 5.74) is 3.20. The van der Waals surface area contributed by atoms with Crippen molar-refractivity contribution in [2.75, 3.05) is 11.9 Å². The van der Waals surface area contributed by atoms with Crippen LogP contribution in [0.25, 0.3) is 5.57 Å². The molecule has 29 heavy (non-hydrogen) atoms. The topological polar surface area (TPSA) is 49.4 Å². The molecule has 0 saturated carbocycles. The van der Waals surface area contributed by atoms with E-state index in [1.807, 2.05) is 72.8 Å². The molecule has 0 atom stereocenters. The maximum atomic E-state index is 13.2. The van der Waals surface area contributed by atoms with Crippen LogP contribution < -0.4 is 5.32 Å². The number of carbonyl (C=O) groups excluding carboxylic acids is 2. The van der Waals surface area contributed by atoms with Crippen molar-refractivity contribution in [2.45, 2.75) is 6.42 Å². The van der Waals surface area contributed by atoms with Crippen LogP contribution in [0.2, 0.25) is 5.02 Å². The van der Waals surface area contributed by atoms with Gasteiger partial charge in [0.1, 0.15) is 5.70 Å². The summed E-state index contributed by atoms with van der Waals surface area (Å²) in [4.78, 5) is 27.6. The smallest absolute Gasteiger partial charge is 0.278 e. The number of amides is 2. The van der Waals surface area contributed by atoms with E-state index in [0.29, 0.717) is 29.3 Å². The fraction of sp³-hybridized carbons (Fsp3) is 0.0833. The summed E-state index contributed by atoms with van der Waals surface area (Å²) in [7, 11) is 0. The summed E-state index contributed by atoms with van der Waals surface area (Å²) < 4.78 is 0. The van der Waals surface area contributed by atoms with E-state index in [0.717, 1.165) is 16.8 Å². The highest BCUT2D eigenvalue weighted by Gasteiger charge is 2.38. The SMILES string of the molecule is O=C1C(Nc2ccccc2)=C(c2ccccc2)C(=O)N1CCc1ccc(Cl)cc1. The summed E-state index contributed by atoms with van der Waals surface area (Å²) in [6, 6.07) is 26.1. The van der Waals surface area contributed by atoms with Gasteiger partial charge in [-0.1, -0.05) is 72.3 Å². The highest BCUT2D eigenvalue weighted by atomic mass is 35.5. The predicted molar refractivity (Wildman–Crippen MR) is 115 cm³/mol. The number of carbonyl (C=O) groups is 2. The summed E-state index contributed by atoms with van der Waals surface area (Å²) in [5.74, 6) is -0.597. The molecule has 3 aromatic rings. The second-order valence-electron chi connectivity index (χ2n) is 6.75. The van der Waals surface area contributed by atoms with Gasteiger partial charge in [0.2, 0.25) is 0 Å². The maximum Gasteiger partial charge on any atom is 0.278 e. The molecule has 0 radical (unpaired) electrons. The van der Waals surface area contributed by atoms with E-state index in [4.69, 9.17) is 11.6 Å². The number of hydrogen-bond donors (Lipinski definition) is 1. The van der Waals surface area contributed by atoms with E-state index < -0.39 is 0 Å². The Balaban J connectivity index is 1.63. The number of benzene rings is 3. The molecule has 0 aliphatic carbocycles. The lowest BCUT2D eigenvalue weighted by molar-refractivity contribution is -0.136. The molecule has 144 valence electrons. The molecule has 0 spiro atoms. The second-order valence-corrected chi connectivity index (χ2v) is 7.18. The molecule has 0 aromatic heterocycles. The van der Waals surface area contributed by atoms with Gasteiger partial charge in [0.15, 0.2) is 0 Å². The molecule has 0 saturated heterocycles. The van der Waals surface area contributed by atoms with Crippen molar-refractivity contribution in [3.63, 3.8) is 0 Å². The van der Waals surface area contributed by atoms with Crippen LogP contribution in [0.4, 0.5) is 5.69 Å². The lowest BCUT2D eigenvalue weighted by atomic mass is 10.0. The quantitative estimate of drug-likeness (QED) is 0.604. The Bertz CT molecular complexity index is 1060. The minimum atomic E-state index is -0.313. The number of nitrogens with one attached hydrogen (secondary N) is 1. The molecule has 4 nitrogen and oxygen atoms in total. The fourth-order valence-corrected chi connectivity index (χ4v) is 3.45. The Kier molecular flexibility index (Phi) is 5.45. The molecule has 0 unspecified atom stereocenters. The Hall–Kier alpha value is -3.37. The van der Waals surface area contributed by atoms with Gasteiger partial charge in [-0.15, -0.1) is 0 Å². The van der Waals surface area contributed by atoms with E-state index in [9.17, 15) is 9.59 Å². The van der Waals surface area contributed by atoms with Crippen molar-refractivity contribution in [1.29, 1.82) is 0 Å². The molecule has 0 bridgehead atoms. The molecule has 1 N–H and O–H groups in total. The van der Waals surface area contributed by atoms with E-state index in [1.165, 1.54) is 4.90 Å². The molecule has 5 heteroatoms. The van der Waals surface area contributed by atoms with Gasteiger partial charge in [-0.2, -0.15) is 0 Å². The Morgan fingerprint density at radius 1 is 0.759 bits per heavy atom. The van der Waals surface area contributed by atoms with Gasteiger partial charge in [0.25, 0.3) is 11.8 Å². The first-order chi connectivity index (χ1) is 14.1. The molecule has 1 aliphatic rings. The third-order valence-corrected chi connectivity index (χ3v) is 5.06. The summed E-state index contributed by atoms with van der Waals surface area (Å²) in [6.07, 6.45) is 0.565. The van der Waals surface area contributed by atoms with E-state index in [1.54, 1.807) is 12.1 Å². The molecular formula is C24H19ClN2O2. The van der Waals surface area contributed by atoms with Crippen LogP contribution in [-0.4, -0.2) is 23.3 Å². The molecule has 1 aliphatic heterocycles. The fourth-order valence-electron chi connectivity index (χ4n) is 3.33. The number of hydrogen-bond acceptors (Lipinski definition) is 3. The van der Waals surface area contributed by atoms with E-state index in [-0.39, 0.29) is 11.8 Å². The molecular weight excluding hydrogens is 384 g/mol. The van der Waals surface area contributed by atoms with Crippen LogP contribution in [0.3, 0.4) is 0 Å². The Morgan fingerprint density at radius 3 is 2.03 bits per heavy atom. The minimum Gasteiger partial charge on any atom is -0.350 e. The third-order valence-electron chi connectivity index (χ3n) is 4.81. The first kappa shape index (κ1) is 19.0. The van der Waals surface area contributed by atoms with Crippen LogP contribution in [0.1, 0.15) is 11.1 Å². The normalized spacial score (nSPS) is 13.9. The van der Waals surface area contributed by atoms with Gasteiger partial charge in [0, 0.05) is 17.3 Å². The lowest BCUT2D eigenvalue weighted by Gasteiger charge is -2.15. The van der Waals surface area contributed by atoms with Gasteiger partial charge in [-0.05, 0) is 41.8 Å². The van der Waals surface area contributed by atoms with E-state index >= 15 is 0 Å². The number of imide groups is 1. The number of anilines is 1. The van der Waals surface area contributed by atoms with E-state index in [2.05, 4.69) is 5.32 Å². The zero-order valence-corrected chi connectivity index (χ0v) is 16.4. The minimum absolute atomic E-state index is 0.284. The monoisotopic (exact) mass is 402 g/mol. The third kappa shape index (κ3) is 4.08. The standard InChI is InChI=1S/C24H19ClN2O2/c25-19-13-11-17(12-14-19)15-16-27-23(28)21(18-7-3-1-4-8-18)22(24(27)29)26-20-9-5-2-6-10-20/h1-14,26H,15-16H2. The Labute approximate surface area is 174 Å². The molecule has 1 heterocycles. The van der Waals surface area contributed by atoms with Crippen molar-refractivity contribution in [3.05, 3.63) is 107 Å². The molecule has 4 rings (SSSR count). The number of halogens is 1. The lowest BCUT2D eigenvalue weighted by Crippen LogP contribution is -2.34. The van der Waals surface area contributed by atoms with Crippen LogP contribution >= 0.6 is 11.6 Å². The van der Waals surface area contributed by atoms with Crippen molar-refractivity contribution in [3.8, 4) is 0 Å². The molecule has 3 aromatic carbocycles. The zero-order chi connectivity index (χ0) is 20.2. The van der Waals surface area contributed by atoms with Crippen molar-refractivity contribution >= 4 is 34.7 Å². The van der Waals surface area contributed by atoms with Gasteiger partial charge < -0.3 is 5.32 Å². The van der Waals surface area contributed by atoms with Gasteiger partial charge in [-0.3, -0.25) is 14.5 Å². The van der Waals surface area contributed by atoms with Crippen molar-refractivity contribution in [2.24, 2.45) is 0 Å². The first-order valence-corrected chi connectivity index (χ1v) is 9.73. The van der Waals surface area contributed by atoms with Crippen LogP contribution in [0, 0.1) is 0 Å². The summed E-state index contributed by atoms with van der Waals surface area (Å²) >= 11 is 5.93. The second kappa shape index (κ2) is 8.33. The number of para-hydroxylation sites is 1. The zero-order valence-electron chi connectivity index (χ0n) is 15.6. The van der Waals surface area contributed by atoms with Gasteiger partial charge in [-0.25, -0.2) is 0 Å². The van der Waals surface area contributed by atoms with Crippen LogP contribution in [0.15, 0.2) is 90.6 Å². The van der Waals surface area contributed by atoms with Gasteiger partial charge >= 0.3 is 0 Å². The van der Waals surface area contributed by atoms with Crippen molar-refractivity contribution < 1.29 is 9.59 Å². The van der Waals surface area contributed by atoms with Crippen molar-refractivity contribution in [1.82, 2.24) is 4.90 Å². The summed E-state index contributed by atoms with van der Waals surface area (Å²) in [6.45, 7) is 0.301. The average molecular weight is 403 g/mol. The first-order valence-electron chi connectivity index (χ1n) is 9.36. The maximum absolute atomic E-state index is 13.2. The van der Waals surface area contributed by atoms with Crippen LogP contribution in [-0.2, 0) is 16.0 Å². The highest BCUT2D eigenvalue weighted by Crippen LogP contribution is 2.30. The largest absolute Gasteiger partial charge is 0.350 e. The molecule has 2 amide bonds. The number of nitrogens with zero attached hydrogens (tertiary/aromatic N) is 1.